The van der Waals surface area contributed by atoms with Crippen LogP contribution in [0.4, 0.5) is 0 Å². The van der Waals surface area contributed by atoms with Gasteiger partial charge >= 0.3 is 0 Å². The highest BCUT2D eigenvalue weighted by molar-refractivity contribution is 5.39. The van der Waals surface area contributed by atoms with Gasteiger partial charge in [-0.2, -0.15) is 0 Å². The van der Waals surface area contributed by atoms with Crippen LogP contribution in [0.3, 0.4) is 0 Å². The van der Waals surface area contributed by atoms with E-state index in [0.717, 1.165) is 31.6 Å². The fourth-order valence-corrected chi connectivity index (χ4v) is 2.58. The Balaban J connectivity index is 1.61. The van der Waals surface area contributed by atoms with Crippen LogP contribution < -0.4 is 4.74 Å². The first-order valence-corrected chi connectivity index (χ1v) is 6.60. The van der Waals surface area contributed by atoms with Crippen molar-refractivity contribution in [1.82, 2.24) is 0 Å². The maximum atomic E-state index is 10.1. The fourth-order valence-electron chi connectivity index (χ4n) is 2.58. The van der Waals surface area contributed by atoms with E-state index in [1.807, 2.05) is 0 Å². The van der Waals surface area contributed by atoms with Crippen molar-refractivity contribution in [3.8, 4) is 5.75 Å². The molecule has 1 heterocycles. The highest BCUT2D eigenvalue weighted by Crippen LogP contribution is 2.49. The van der Waals surface area contributed by atoms with Gasteiger partial charge in [0.2, 0.25) is 0 Å². The van der Waals surface area contributed by atoms with Crippen LogP contribution in [0, 0.1) is 5.41 Å². The molecule has 1 aromatic carbocycles. The van der Waals surface area contributed by atoms with E-state index in [9.17, 15) is 5.11 Å². The van der Waals surface area contributed by atoms with Crippen LogP contribution in [0.1, 0.15) is 37.3 Å². The van der Waals surface area contributed by atoms with Gasteiger partial charge in [-0.3, -0.25) is 0 Å². The van der Waals surface area contributed by atoms with Crippen LogP contribution >= 0.6 is 0 Å². The average Bonchev–Trinajstić information content (AvgIpc) is 2.93. The molecule has 17 heavy (non-hydrogen) atoms. The number of benzene rings is 1. The van der Waals surface area contributed by atoms with Gasteiger partial charge < -0.3 is 9.84 Å². The number of ether oxygens (including phenoxy) is 1. The molecule has 1 aliphatic heterocycles. The average molecular weight is 232 g/mol. The number of hydrogen-bond donors (Lipinski definition) is 1. The summed E-state index contributed by atoms with van der Waals surface area (Å²) in [4.78, 5) is 0. The Morgan fingerprint density at radius 3 is 3.00 bits per heavy atom. The maximum absolute atomic E-state index is 10.1. The molecule has 3 rings (SSSR count). The zero-order valence-corrected chi connectivity index (χ0v) is 10.4. The Labute approximate surface area is 103 Å². The lowest BCUT2D eigenvalue weighted by molar-refractivity contribution is 0.0945. The molecule has 0 amide bonds. The summed E-state index contributed by atoms with van der Waals surface area (Å²) in [6.07, 6.45) is 5.13. The zero-order valence-electron chi connectivity index (χ0n) is 10.4. The summed E-state index contributed by atoms with van der Waals surface area (Å²) in [5.41, 5.74) is 2.88. The van der Waals surface area contributed by atoms with Gasteiger partial charge in [0, 0.05) is 6.42 Å². The first-order chi connectivity index (χ1) is 8.17. The molecule has 0 radical (unpaired) electrons. The minimum absolute atomic E-state index is 0.132. The Hall–Kier alpha value is -1.02. The molecule has 0 saturated heterocycles. The summed E-state index contributed by atoms with van der Waals surface area (Å²) in [7, 11) is 0. The molecule has 1 saturated carbocycles. The second kappa shape index (κ2) is 4.02. The van der Waals surface area contributed by atoms with Gasteiger partial charge in [-0.1, -0.05) is 19.1 Å². The largest absolute Gasteiger partial charge is 0.493 e. The van der Waals surface area contributed by atoms with E-state index in [4.69, 9.17) is 4.74 Å². The van der Waals surface area contributed by atoms with Crippen molar-refractivity contribution in [3.05, 3.63) is 29.3 Å². The monoisotopic (exact) mass is 232 g/mol. The minimum atomic E-state index is -0.132. The van der Waals surface area contributed by atoms with Crippen LogP contribution in [0.15, 0.2) is 18.2 Å². The van der Waals surface area contributed by atoms with E-state index in [0.29, 0.717) is 0 Å². The van der Waals surface area contributed by atoms with Gasteiger partial charge in [-0.15, -0.1) is 0 Å². The van der Waals surface area contributed by atoms with Crippen LogP contribution in [-0.2, 0) is 12.8 Å². The second-order valence-corrected chi connectivity index (χ2v) is 5.75. The number of aliphatic hydroxyl groups excluding tert-OH is 1. The molecule has 92 valence electrons. The van der Waals surface area contributed by atoms with Gasteiger partial charge in [0.15, 0.2) is 0 Å². The molecule has 2 nitrogen and oxygen atoms in total. The highest BCUT2D eigenvalue weighted by Gasteiger charge is 2.43. The summed E-state index contributed by atoms with van der Waals surface area (Å²) in [6.45, 7) is 3.01. The van der Waals surface area contributed by atoms with Crippen molar-refractivity contribution in [2.24, 2.45) is 5.41 Å². The van der Waals surface area contributed by atoms with E-state index in [-0.39, 0.29) is 11.5 Å². The number of aliphatic hydroxyl groups is 1. The summed E-state index contributed by atoms with van der Waals surface area (Å²) < 4.78 is 5.49. The van der Waals surface area contributed by atoms with Crippen molar-refractivity contribution in [1.29, 1.82) is 0 Å². The predicted octanol–water partition coefficient (Wildman–Crippen LogP) is 2.72. The van der Waals surface area contributed by atoms with Gasteiger partial charge in [0.25, 0.3) is 0 Å². The molecule has 1 aromatic rings. The molecule has 1 atom stereocenters. The highest BCUT2D eigenvalue weighted by atomic mass is 16.5. The Morgan fingerprint density at radius 2 is 2.24 bits per heavy atom. The van der Waals surface area contributed by atoms with Gasteiger partial charge in [-0.05, 0) is 48.3 Å². The van der Waals surface area contributed by atoms with Crippen molar-refractivity contribution < 1.29 is 9.84 Å². The molecule has 1 N–H and O–H groups in total. The number of fused-ring (bicyclic) bond motifs is 1. The summed E-state index contributed by atoms with van der Waals surface area (Å²) in [6, 6.07) is 6.44. The van der Waals surface area contributed by atoms with Gasteiger partial charge in [-0.25, -0.2) is 0 Å². The third-order valence-corrected chi connectivity index (χ3v) is 4.30. The second-order valence-electron chi connectivity index (χ2n) is 5.75. The van der Waals surface area contributed by atoms with Gasteiger partial charge in [0.05, 0.1) is 12.7 Å². The van der Waals surface area contributed by atoms with E-state index in [1.54, 1.807) is 0 Å². The third kappa shape index (κ3) is 2.19. The molecular formula is C15H20O2. The van der Waals surface area contributed by atoms with Crippen molar-refractivity contribution in [2.45, 2.75) is 45.1 Å². The molecule has 2 heteroatoms. The standard InChI is InChI=1S/C15H20O2/c1-15(7-8-15)14(16)5-3-11-2-4-13-12(10-11)6-9-17-13/h2,4,10,14,16H,3,5-9H2,1H3. The van der Waals surface area contributed by atoms with E-state index >= 15 is 0 Å². The minimum Gasteiger partial charge on any atom is -0.493 e. The molecule has 2 aliphatic rings. The van der Waals surface area contributed by atoms with Crippen LogP contribution in [-0.4, -0.2) is 17.8 Å². The third-order valence-electron chi connectivity index (χ3n) is 4.30. The van der Waals surface area contributed by atoms with Crippen LogP contribution in [0.2, 0.25) is 0 Å². The van der Waals surface area contributed by atoms with Crippen molar-refractivity contribution >= 4 is 0 Å². The first kappa shape index (κ1) is 11.1. The molecular weight excluding hydrogens is 212 g/mol. The lowest BCUT2D eigenvalue weighted by Gasteiger charge is -2.17. The lowest BCUT2D eigenvalue weighted by atomic mass is 9.95. The van der Waals surface area contributed by atoms with Crippen molar-refractivity contribution in [3.63, 3.8) is 0 Å². The molecule has 1 unspecified atom stereocenters. The fraction of sp³-hybridized carbons (Fsp3) is 0.600. The van der Waals surface area contributed by atoms with E-state index < -0.39 is 0 Å². The molecule has 1 aliphatic carbocycles. The number of aryl methyl sites for hydroxylation is 1. The van der Waals surface area contributed by atoms with E-state index in [1.165, 1.54) is 24.0 Å². The van der Waals surface area contributed by atoms with Crippen molar-refractivity contribution in [2.75, 3.05) is 6.61 Å². The summed E-state index contributed by atoms with van der Waals surface area (Å²) in [5.74, 6) is 1.04. The van der Waals surface area contributed by atoms with E-state index in [2.05, 4.69) is 25.1 Å². The molecule has 0 aromatic heterocycles. The topological polar surface area (TPSA) is 29.5 Å². The SMILES string of the molecule is CC1(C(O)CCc2ccc3c(c2)CCO3)CC1. The Morgan fingerprint density at radius 1 is 1.41 bits per heavy atom. The smallest absolute Gasteiger partial charge is 0.122 e. The maximum Gasteiger partial charge on any atom is 0.122 e. The van der Waals surface area contributed by atoms with Crippen LogP contribution in [0.25, 0.3) is 0 Å². The number of hydrogen-bond acceptors (Lipinski definition) is 2. The Kier molecular flexibility index (Phi) is 2.62. The summed E-state index contributed by atoms with van der Waals surface area (Å²) >= 11 is 0. The van der Waals surface area contributed by atoms with Gasteiger partial charge in [0.1, 0.15) is 5.75 Å². The molecule has 0 bridgehead atoms. The Bertz CT molecular complexity index is 421. The summed E-state index contributed by atoms with van der Waals surface area (Å²) in [5, 5.41) is 10.1. The zero-order chi connectivity index (χ0) is 11.9. The molecule has 1 fully saturated rings. The quantitative estimate of drug-likeness (QED) is 0.865. The van der Waals surface area contributed by atoms with Crippen LogP contribution in [0.5, 0.6) is 5.75 Å². The normalized spacial score (nSPS) is 21.8. The number of rotatable bonds is 4. The predicted molar refractivity (Wildman–Crippen MR) is 67.3 cm³/mol. The first-order valence-electron chi connectivity index (χ1n) is 6.60. The molecule has 0 spiro atoms. The lowest BCUT2D eigenvalue weighted by Crippen LogP contribution is -2.19.